The Kier molecular flexibility index (Phi) is 5.60. The predicted octanol–water partition coefficient (Wildman–Crippen LogP) is 2.67. The minimum Gasteiger partial charge on any atom is -0.343 e. The second kappa shape index (κ2) is 7.88. The first-order chi connectivity index (χ1) is 11.6. The molecule has 24 heavy (non-hydrogen) atoms. The molecule has 0 aliphatic carbocycles. The summed E-state index contributed by atoms with van der Waals surface area (Å²) >= 11 is 1.50. The Labute approximate surface area is 145 Å². The van der Waals surface area contributed by atoms with Gasteiger partial charge in [-0.05, 0) is 30.9 Å². The van der Waals surface area contributed by atoms with Crippen LogP contribution in [0.5, 0.6) is 0 Å². The van der Waals surface area contributed by atoms with Crippen LogP contribution in [0.15, 0.2) is 23.1 Å². The third-order valence-corrected chi connectivity index (χ3v) is 5.55. The normalized spacial score (nSPS) is 20.0. The quantitative estimate of drug-likeness (QED) is 0.802. The van der Waals surface area contributed by atoms with Crippen molar-refractivity contribution in [2.24, 2.45) is 0 Å². The standard InChI is InChI=1S/C17H22FN3O2S/c18-13-5-1-4-12-14(7-11-24-16(12)13)20-17(23)19-8-3-10-21-9-2-6-15(21)22/h1,4-5,14H,2-3,6-11H2,(H2,19,20,23). The van der Waals surface area contributed by atoms with Crippen LogP contribution in [0.1, 0.15) is 37.3 Å². The average Bonchev–Trinajstić information content (AvgIpc) is 2.98. The lowest BCUT2D eigenvalue weighted by Crippen LogP contribution is -2.40. The van der Waals surface area contributed by atoms with Gasteiger partial charge in [0.2, 0.25) is 5.91 Å². The zero-order valence-electron chi connectivity index (χ0n) is 13.5. The van der Waals surface area contributed by atoms with E-state index in [1.165, 1.54) is 17.8 Å². The molecular weight excluding hydrogens is 329 g/mol. The maximum Gasteiger partial charge on any atom is 0.315 e. The number of nitrogens with one attached hydrogen (secondary N) is 2. The Hall–Kier alpha value is -1.76. The molecule has 2 N–H and O–H groups in total. The second-order valence-corrected chi connectivity index (χ2v) is 7.19. The van der Waals surface area contributed by atoms with Crippen molar-refractivity contribution < 1.29 is 14.0 Å². The molecule has 0 spiro atoms. The van der Waals surface area contributed by atoms with Gasteiger partial charge in [-0.2, -0.15) is 0 Å². The Morgan fingerprint density at radius 1 is 1.42 bits per heavy atom. The number of urea groups is 1. The summed E-state index contributed by atoms with van der Waals surface area (Å²) in [4.78, 5) is 26.1. The minimum atomic E-state index is -0.241. The Morgan fingerprint density at radius 2 is 2.29 bits per heavy atom. The number of likely N-dealkylation sites (tertiary alicyclic amines) is 1. The van der Waals surface area contributed by atoms with Gasteiger partial charge in [0.15, 0.2) is 0 Å². The number of thioether (sulfide) groups is 1. The molecule has 0 aromatic heterocycles. The van der Waals surface area contributed by atoms with E-state index in [2.05, 4.69) is 10.6 Å². The van der Waals surface area contributed by atoms with E-state index in [9.17, 15) is 14.0 Å². The number of fused-ring (bicyclic) bond motifs is 1. The summed E-state index contributed by atoms with van der Waals surface area (Å²) in [5, 5.41) is 5.75. The maximum atomic E-state index is 13.8. The molecule has 7 heteroatoms. The van der Waals surface area contributed by atoms with Crippen LogP contribution in [0.2, 0.25) is 0 Å². The van der Waals surface area contributed by atoms with Gasteiger partial charge in [-0.15, -0.1) is 11.8 Å². The Bertz CT molecular complexity index is 626. The topological polar surface area (TPSA) is 61.4 Å². The molecule has 1 unspecified atom stereocenters. The number of amides is 3. The van der Waals surface area contributed by atoms with E-state index >= 15 is 0 Å². The Morgan fingerprint density at radius 3 is 3.08 bits per heavy atom. The summed E-state index contributed by atoms with van der Waals surface area (Å²) in [7, 11) is 0. The largest absolute Gasteiger partial charge is 0.343 e. The summed E-state index contributed by atoms with van der Waals surface area (Å²) in [5.41, 5.74) is 0.851. The highest BCUT2D eigenvalue weighted by Crippen LogP contribution is 2.37. The van der Waals surface area contributed by atoms with Gasteiger partial charge in [0, 0.05) is 36.7 Å². The monoisotopic (exact) mass is 351 g/mol. The maximum absolute atomic E-state index is 13.8. The van der Waals surface area contributed by atoms with Crippen LogP contribution in [0.4, 0.5) is 9.18 Å². The van der Waals surface area contributed by atoms with E-state index in [1.807, 2.05) is 11.0 Å². The van der Waals surface area contributed by atoms with E-state index < -0.39 is 0 Å². The fraction of sp³-hybridized carbons (Fsp3) is 0.529. The smallest absolute Gasteiger partial charge is 0.315 e. The van der Waals surface area contributed by atoms with E-state index in [4.69, 9.17) is 0 Å². The highest BCUT2D eigenvalue weighted by atomic mass is 32.2. The van der Waals surface area contributed by atoms with Gasteiger partial charge < -0.3 is 15.5 Å². The van der Waals surface area contributed by atoms with Gasteiger partial charge in [-0.25, -0.2) is 9.18 Å². The predicted molar refractivity (Wildman–Crippen MR) is 91.4 cm³/mol. The molecule has 0 bridgehead atoms. The van der Waals surface area contributed by atoms with Crippen LogP contribution < -0.4 is 10.6 Å². The molecule has 0 radical (unpaired) electrons. The molecule has 1 saturated heterocycles. The average molecular weight is 351 g/mol. The molecule has 1 atom stereocenters. The van der Waals surface area contributed by atoms with E-state index in [0.29, 0.717) is 24.4 Å². The minimum absolute atomic E-state index is 0.155. The molecule has 2 heterocycles. The summed E-state index contributed by atoms with van der Waals surface area (Å²) < 4.78 is 13.8. The molecular formula is C17H22FN3O2S. The van der Waals surface area contributed by atoms with E-state index in [1.54, 1.807) is 6.07 Å². The van der Waals surface area contributed by atoms with Crippen molar-refractivity contribution in [1.82, 2.24) is 15.5 Å². The number of halogens is 1. The zero-order valence-corrected chi connectivity index (χ0v) is 14.3. The summed E-state index contributed by atoms with van der Waals surface area (Å²) in [6, 6.07) is 4.61. The summed E-state index contributed by atoms with van der Waals surface area (Å²) in [5.74, 6) is 0.771. The van der Waals surface area contributed by atoms with Gasteiger partial charge in [0.05, 0.1) is 6.04 Å². The van der Waals surface area contributed by atoms with Crippen molar-refractivity contribution in [3.8, 4) is 0 Å². The zero-order chi connectivity index (χ0) is 16.9. The number of nitrogens with zero attached hydrogens (tertiary/aromatic N) is 1. The molecule has 2 aliphatic rings. The number of carbonyl (C=O) groups is 2. The SMILES string of the molecule is O=C(NCCCN1CCCC1=O)NC1CCSc2c(F)cccc21. The molecule has 1 fully saturated rings. The Balaban J connectivity index is 1.44. The fourth-order valence-electron chi connectivity index (χ4n) is 3.16. The van der Waals surface area contributed by atoms with Crippen LogP contribution in [0, 0.1) is 5.82 Å². The van der Waals surface area contributed by atoms with Gasteiger partial charge >= 0.3 is 6.03 Å². The molecule has 130 valence electrons. The third kappa shape index (κ3) is 4.01. The van der Waals surface area contributed by atoms with Crippen molar-refractivity contribution in [2.45, 2.75) is 36.6 Å². The summed E-state index contributed by atoms with van der Waals surface area (Å²) in [6.07, 6.45) is 3.10. The second-order valence-electron chi connectivity index (χ2n) is 6.09. The molecule has 0 saturated carbocycles. The van der Waals surface area contributed by atoms with Gasteiger partial charge in [-0.3, -0.25) is 4.79 Å². The highest BCUT2D eigenvalue weighted by Gasteiger charge is 2.24. The van der Waals surface area contributed by atoms with Crippen LogP contribution in [-0.4, -0.2) is 42.2 Å². The van der Waals surface area contributed by atoms with Crippen molar-refractivity contribution in [1.29, 1.82) is 0 Å². The fourth-order valence-corrected chi connectivity index (χ4v) is 4.30. The lowest BCUT2D eigenvalue weighted by atomic mass is 10.0. The number of hydrogen-bond acceptors (Lipinski definition) is 3. The van der Waals surface area contributed by atoms with Crippen molar-refractivity contribution in [3.63, 3.8) is 0 Å². The summed E-state index contributed by atoms with van der Waals surface area (Å²) in [6.45, 7) is 2.04. The molecule has 5 nitrogen and oxygen atoms in total. The van der Waals surface area contributed by atoms with Crippen molar-refractivity contribution in [3.05, 3.63) is 29.6 Å². The van der Waals surface area contributed by atoms with E-state index in [-0.39, 0.29) is 23.8 Å². The van der Waals surface area contributed by atoms with Gasteiger partial charge in [-0.1, -0.05) is 12.1 Å². The number of carbonyl (C=O) groups excluding carboxylic acids is 2. The lowest BCUT2D eigenvalue weighted by Gasteiger charge is -2.26. The van der Waals surface area contributed by atoms with Crippen molar-refractivity contribution >= 4 is 23.7 Å². The molecule has 1 aromatic rings. The first-order valence-electron chi connectivity index (χ1n) is 8.38. The number of hydrogen-bond donors (Lipinski definition) is 2. The van der Waals surface area contributed by atoms with Crippen molar-refractivity contribution in [2.75, 3.05) is 25.4 Å². The molecule has 3 amide bonds. The highest BCUT2D eigenvalue weighted by molar-refractivity contribution is 7.99. The van der Waals surface area contributed by atoms with Gasteiger partial charge in [0.25, 0.3) is 0 Å². The van der Waals surface area contributed by atoms with Crippen LogP contribution in [-0.2, 0) is 4.79 Å². The van der Waals surface area contributed by atoms with Crippen LogP contribution in [0.3, 0.4) is 0 Å². The molecule has 1 aromatic carbocycles. The van der Waals surface area contributed by atoms with Gasteiger partial charge in [0.1, 0.15) is 5.82 Å². The first kappa shape index (κ1) is 17.1. The van der Waals surface area contributed by atoms with Crippen LogP contribution in [0.25, 0.3) is 0 Å². The molecule has 2 aliphatic heterocycles. The third-order valence-electron chi connectivity index (χ3n) is 4.39. The number of benzene rings is 1. The number of rotatable bonds is 5. The van der Waals surface area contributed by atoms with Crippen LogP contribution >= 0.6 is 11.8 Å². The lowest BCUT2D eigenvalue weighted by molar-refractivity contribution is -0.127. The molecule has 3 rings (SSSR count). The van der Waals surface area contributed by atoms with E-state index in [0.717, 1.165) is 37.1 Å². The first-order valence-corrected chi connectivity index (χ1v) is 9.37.